The zero-order valence-electron chi connectivity index (χ0n) is 47.4. The molecule has 0 bridgehead atoms. The van der Waals surface area contributed by atoms with Crippen molar-refractivity contribution in [1.29, 1.82) is 0 Å². The van der Waals surface area contributed by atoms with Gasteiger partial charge < -0.3 is 20.3 Å². The van der Waals surface area contributed by atoms with Gasteiger partial charge in [-0.1, -0.05) is 57.5 Å². The van der Waals surface area contributed by atoms with Crippen molar-refractivity contribution < 1.29 is 79.2 Å². The number of primary sulfonamides is 1. The number of carbonyl (C=O) groups excluding carboxylic acids is 2. The quantitative estimate of drug-likeness (QED) is 0.0139. The number of carbonyl (C=O) groups is 2. The minimum absolute atomic E-state index is 0.00796. The van der Waals surface area contributed by atoms with Gasteiger partial charge in [-0.25, -0.2) is 13.6 Å². The van der Waals surface area contributed by atoms with Crippen molar-refractivity contribution in [2.45, 2.75) is 97.3 Å². The van der Waals surface area contributed by atoms with Crippen LogP contribution in [0, 0.1) is 0 Å². The SMILES string of the molecule is CCCC[N+]1=C(/C=C/C(=C/C=C2/N(CCCS(=O)(=O)O)c3ccc4c(S(=O)(=O)O)cc(S(=O)(=O)O)cc4c3C2(C)C)c2ccc(C(=O)NCCOCCC(=O)NCc3ccc(S(N)(=O)=O)cc3)cn2)C(C)(C)c2c1ccc1ccc(S(=O)(=O)O)cc21. The lowest BCUT2D eigenvalue weighted by Crippen LogP contribution is -2.28. The molecule has 28 heteroatoms. The molecule has 0 saturated carbocycles. The van der Waals surface area contributed by atoms with Gasteiger partial charge in [0.15, 0.2) is 5.71 Å². The number of nitrogens with two attached hydrogens (primary N) is 1. The Kier molecular flexibility index (Phi) is 18.8. The Bertz CT molecular complexity index is 4430. The largest absolute Gasteiger partial charge is 0.379 e. The van der Waals surface area contributed by atoms with E-state index in [4.69, 9.17) is 14.9 Å². The molecule has 2 amide bonds. The van der Waals surface area contributed by atoms with Gasteiger partial charge in [-0.15, -0.1) is 0 Å². The molecule has 458 valence electrons. The number of benzene rings is 5. The van der Waals surface area contributed by atoms with Crippen LogP contribution in [0.25, 0.3) is 27.1 Å². The van der Waals surface area contributed by atoms with Crippen molar-refractivity contribution in [3.63, 3.8) is 0 Å². The summed E-state index contributed by atoms with van der Waals surface area (Å²) in [5, 5.41) is 11.9. The number of allylic oxidation sites excluding steroid dienone is 6. The number of rotatable bonds is 24. The second-order valence-corrected chi connectivity index (χ2v) is 29.1. The van der Waals surface area contributed by atoms with Crippen LogP contribution in [0.1, 0.15) is 93.0 Å². The minimum Gasteiger partial charge on any atom is -0.379 e. The lowest BCUT2D eigenvalue weighted by molar-refractivity contribution is -0.438. The van der Waals surface area contributed by atoms with Crippen LogP contribution in [-0.2, 0) is 77.4 Å². The lowest BCUT2D eigenvalue weighted by atomic mass is 9.79. The Hall–Kier alpha value is -7.09. The van der Waals surface area contributed by atoms with Gasteiger partial charge in [-0.3, -0.25) is 32.8 Å². The van der Waals surface area contributed by atoms with Crippen LogP contribution in [0.5, 0.6) is 0 Å². The van der Waals surface area contributed by atoms with Crippen molar-refractivity contribution in [1.82, 2.24) is 15.6 Å². The molecule has 1 aromatic heterocycles. The molecule has 6 aromatic rings. The standard InChI is InChI=1S/C58H64N6O17S5/c1-6-7-27-63-48-21-13-38-11-18-42(84(72,73)74)32-45(38)54(48)57(2,3)51(63)23-14-39(47-20-12-40(36-61-47)56(66)60-26-30-81-29-25-53(65)62-35-37-9-16-41(17-10-37)83(59,70)71)15-24-52-58(4,5)55-46-33-43(85(75,76)77)34-50(86(78,79)80)44(46)19-22-49(55)64(52)28-8-31-82(67,68)69/h9-24,32-34,36H,6-8,25-31,35H2,1-5H3,(H7-,59,60,62,65,66,67,68,69,70,71,72,73,74,75,76,77,78,79,80)/p+1. The van der Waals surface area contributed by atoms with E-state index in [-0.39, 0.29) is 77.7 Å². The number of hydrogen-bond acceptors (Lipinski definition) is 15. The molecule has 5 aromatic carbocycles. The molecule has 8 N–H and O–H groups in total. The molecule has 86 heavy (non-hydrogen) atoms. The van der Waals surface area contributed by atoms with E-state index in [9.17, 15) is 69.9 Å². The molecule has 0 unspecified atom stereocenters. The number of nitrogens with zero attached hydrogens (tertiary/aromatic N) is 3. The van der Waals surface area contributed by atoms with Crippen LogP contribution in [0.15, 0.2) is 147 Å². The van der Waals surface area contributed by atoms with Gasteiger partial charge in [-0.2, -0.15) is 38.2 Å². The summed E-state index contributed by atoms with van der Waals surface area (Å²) in [6.45, 7) is 10.4. The average Bonchev–Trinajstić information content (AvgIpc) is 1.54. The summed E-state index contributed by atoms with van der Waals surface area (Å²) in [7, 11) is -23.0. The molecule has 2 aliphatic rings. The maximum absolute atomic E-state index is 13.5. The first-order valence-corrected chi connectivity index (χ1v) is 34.4. The monoisotopic (exact) mass is 1280 g/mol. The Morgan fingerprint density at radius 3 is 2.02 bits per heavy atom. The molecular formula is C58H65N6O17S5+. The summed E-state index contributed by atoms with van der Waals surface area (Å²) in [6, 6.07) is 21.8. The minimum atomic E-state index is -5.09. The number of unbranched alkanes of at least 4 members (excludes halogenated alkanes) is 1. The molecule has 0 fully saturated rings. The van der Waals surface area contributed by atoms with E-state index in [1.165, 1.54) is 54.7 Å². The van der Waals surface area contributed by atoms with Crippen molar-refractivity contribution >= 4 is 107 Å². The van der Waals surface area contributed by atoms with E-state index in [1.54, 1.807) is 49.1 Å². The third-order valence-corrected chi connectivity index (χ3v) is 19.3. The van der Waals surface area contributed by atoms with Crippen molar-refractivity contribution in [2.75, 3.05) is 43.5 Å². The van der Waals surface area contributed by atoms with Crippen LogP contribution >= 0.6 is 0 Å². The molecule has 2 aliphatic heterocycles. The maximum atomic E-state index is 13.5. The molecule has 0 radical (unpaired) electrons. The number of amides is 2. The summed E-state index contributed by atoms with van der Waals surface area (Å²) in [6.07, 6.45) is 10.00. The smallest absolute Gasteiger partial charge is 0.295 e. The Balaban J connectivity index is 1.15. The Morgan fingerprint density at radius 2 is 1.40 bits per heavy atom. The topological polar surface area (TPSA) is 364 Å². The molecule has 8 rings (SSSR count). The van der Waals surface area contributed by atoms with E-state index in [1.807, 2.05) is 45.1 Å². The van der Waals surface area contributed by atoms with E-state index in [0.717, 1.165) is 41.3 Å². The van der Waals surface area contributed by atoms with Gasteiger partial charge in [0.2, 0.25) is 21.6 Å². The van der Waals surface area contributed by atoms with Crippen LogP contribution in [-0.4, -0.2) is 126 Å². The summed E-state index contributed by atoms with van der Waals surface area (Å²) in [5.74, 6) is -1.46. The summed E-state index contributed by atoms with van der Waals surface area (Å²) >= 11 is 0. The second kappa shape index (κ2) is 24.9. The molecule has 0 atom stereocenters. The molecular weight excluding hydrogens is 1210 g/mol. The molecule has 0 aliphatic carbocycles. The van der Waals surface area contributed by atoms with E-state index < -0.39 is 82.8 Å². The first kappa shape index (κ1) is 64.9. The summed E-state index contributed by atoms with van der Waals surface area (Å²) in [4.78, 5) is 30.5. The summed E-state index contributed by atoms with van der Waals surface area (Å²) < 4.78 is 171. The van der Waals surface area contributed by atoms with E-state index in [2.05, 4.69) is 15.2 Å². The van der Waals surface area contributed by atoms with Crippen LogP contribution < -0.4 is 20.7 Å². The highest BCUT2D eigenvalue weighted by Gasteiger charge is 2.46. The van der Waals surface area contributed by atoms with Crippen molar-refractivity contribution in [2.24, 2.45) is 5.14 Å². The van der Waals surface area contributed by atoms with E-state index in [0.29, 0.717) is 51.8 Å². The van der Waals surface area contributed by atoms with E-state index >= 15 is 0 Å². The van der Waals surface area contributed by atoms with Gasteiger partial charge in [0.05, 0.1) is 50.3 Å². The number of aromatic nitrogens is 1. The number of ether oxygens (including phenoxy) is 1. The number of hydrogen-bond donors (Lipinski definition) is 7. The van der Waals surface area contributed by atoms with Gasteiger partial charge in [0, 0.05) is 84.1 Å². The lowest BCUT2D eigenvalue weighted by Gasteiger charge is -2.27. The third-order valence-electron chi connectivity index (χ3n) is 15.0. The van der Waals surface area contributed by atoms with Gasteiger partial charge in [0.25, 0.3) is 46.4 Å². The fraction of sp³-hybridized carbons (Fsp3) is 0.310. The van der Waals surface area contributed by atoms with Crippen LogP contribution in [0.2, 0.25) is 0 Å². The summed E-state index contributed by atoms with van der Waals surface area (Å²) in [5.41, 5.74) is 3.25. The highest BCUT2D eigenvalue weighted by atomic mass is 32.2. The molecule has 3 heterocycles. The highest BCUT2D eigenvalue weighted by molar-refractivity contribution is 7.89. The average molecular weight is 1280 g/mol. The molecule has 0 spiro atoms. The zero-order valence-corrected chi connectivity index (χ0v) is 51.5. The first-order chi connectivity index (χ1) is 40.1. The highest BCUT2D eigenvalue weighted by Crippen LogP contribution is 2.52. The van der Waals surface area contributed by atoms with Crippen molar-refractivity contribution in [3.8, 4) is 0 Å². The fourth-order valence-corrected chi connectivity index (χ4v) is 13.7. The predicted octanol–water partition coefficient (Wildman–Crippen LogP) is 7.00. The maximum Gasteiger partial charge on any atom is 0.295 e. The van der Waals surface area contributed by atoms with Gasteiger partial charge in [-0.05, 0) is 120 Å². The Morgan fingerprint density at radius 1 is 0.721 bits per heavy atom. The Labute approximate surface area is 499 Å². The van der Waals surface area contributed by atoms with Gasteiger partial charge >= 0.3 is 0 Å². The van der Waals surface area contributed by atoms with Crippen LogP contribution in [0.4, 0.5) is 11.4 Å². The number of anilines is 1. The van der Waals surface area contributed by atoms with Gasteiger partial charge in [0.1, 0.15) is 11.4 Å². The van der Waals surface area contributed by atoms with Crippen LogP contribution in [0.3, 0.4) is 0 Å². The first-order valence-electron chi connectivity index (χ1n) is 26.9. The predicted molar refractivity (Wildman–Crippen MR) is 323 cm³/mol. The van der Waals surface area contributed by atoms with Crippen molar-refractivity contribution in [3.05, 3.63) is 155 Å². The number of nitrogens with one attached hydrogen (secondary N) is 2. The third kappa shape index (κ3) is 14.5. The number of sulfonamides is 1. The fourth-order valence-electron chi connectivity index (χ4n) is 10.9. The number of fused-ring (bicyclic) bond motifs is 6. The number of pyridine rings is 1. The normalized spacial score (nSPS) is 15.9. The zero-order chi connectivity index (χ0) is 63.0. The molecule has 23 nitrogen and oxygen atoms in total. The second-order valence-electron chi connectivity index (χ2n) is 21.7. The molecule has 0 saturated heterocycles.